The molecule has 0 spiro atoms. The lowest BCUT2D eigenvalue weighted by Gasteiger charge is -2.44. The molecule has 0 aromatic heterocycles. The summed E-state index contributed by atoms with van der Waals surface area (Å²) >= 11 is 0. The molecule has 6 atom stereocenters. The number of hydrogen-bond donors (Lipinski definition) is 1. The van der Waals surface area contributed by atoms with Gasteiger partial charge in [0, 0.05) is 0 Å². The highest BCUT2D eigenvalue weighted by molar-refractivity contribution is 5.36. The van der Waals surface area contributed by atoms with Crippen LogP contribution in [0.3, 0.4) is 0 Å². The first-order valence-electron chi connectivity index (χ1n) is 13.0. The molecule has 0 amide bonds. The second kappa shape index (κ2) is 10.2. The van der Waals surface area contributed by atoms with Crippen molar-refractivity contribution < 1.29 is 5.11 Å². The van der Waals surface area contributed by atoms with Crippen LogP contribution in [0.2, 0.25) is 0 Å². The summed E-state index contributed by atoms with van der Waals surface area (Å²) in [4.78, 5) is 0. The molecule has 0 bridgehead atoms. The van der Waals surface area contributed by atoms with Crippen molar-refractivity contribution in [1.29, 1.82) is 0 Å². The first kappa shape index (κ1) is 23.8. The van der Waals surface area contributed by atoms with Crippen LogP contribution < -0.4 is 0 Å². The van der Waals surface area contributed by atoms with E-state index in [4.69, 9.17) is 0 Å². The molecule has 0 heterocycles. The van der Waals surface area contributed by atoms with Crippen LogP contribution in [0.5, 0.6) is 0 Å². The van der Waals surface area contributed by atoms with Gasteiger partial charge in [-0.15, -0.1) is 0 Å². The monoisotopic (exact) mass is 412 g/mol. The van der Waals surface area contributed by atoms with E-state index < -0.39 is 0 Å². The van der Waals surface area contributed by atoms with Crippen molar-refractivity contribution in [3.63, 3.8) is 0 Å². The van der Waals surface area contributed by atoms with Crippen molar-refractivity contribution in [2.45, 2.75) is 111 Å². The molecule has 3 saturated carbocycles. The molecule has 3 aliphatic rings. The van der Waals surface area contributed by atoms with E-state index in [1.165, 1.54) is 62.5 Å². The van der Waals surface area contributed by atoms with Crippen LogP contribution in [0.25, 0.3) is 0 Å². The van der Waals surface area contributed by atoms with E-state index >= 15 is 0 Å². The molecule has 1 nitrogen and oxygen atoms in total. The highest BCUT2D eigenvalue weighted by atomic mass is 16.3. The Balaban J connectivity index is 1.69. The van der Waals surface area contributed by atoms with Gasteiger partial charge in [0.15, 0.2) is 0 Å². The lowest BCUT2D eigenvalue weighted by molar-refractivity contribution is 0.0900. The molecule has 3 rings (SSSR count). The fourth-order valence-corrected chi connectivity index (χ4v) is 7.30. The van der Waals surface area contributed by atoms with Crippen molar-refractivity contribution in [3.8, 4) is 0 Å². The summed E-state index contributed by atoms with van der Waals surface area (Å²) in [7, 11) is 0. The Bertz CT molecular complexity index is 653. The summed E-state index contributed by atoms with van der Waals surface area (Å²) < 4.78 is 0. The van der Waals surface area contributed by atoms with Crippen LogP contribution in [0.4, 0.5) is 0 Å². The lowest BCUT2D eigenvalue weighted by atomic mass is 9.60. The minimum absolute atomic E-state index is 0.175. The van der Waals surface area contributed by atoms with E-state index in [0.29, 0.717) is 5.41 Å². The second-order valence-corrected chi connectivity index (χ2v) is 11.5. The number of rotatable bonds is 7. The summed E-state index contributed by atoms with van der Waals surface area (Å²) in [5.74, 6) is 4.21. The van der Waals surface area contributed by atoms with Gasteiger partial charge in [-0.2, -0.15) is 0 Å². The number of aliphatic hydroxyl groups excluding tert-OH is 1. The molecule has 1 N–H and O–H groups in total. The number of fused-ring (bicyclic) bond motifs is 1. The Kier molecular flexibility index (Phi) is 8.10. The third-order valence-corrected chi connectivity index (χ3v) is 9.37. The van der Waals surface area contributed by atoms with Gasteiger partial charge in [0.2, 0.25) is 0 Å². The summed E-state index contributed by atoms with van der Waals surface area (Å²) in [5, 5.41) is 10.1. The van der Waals surface area contributed by atoms with Crippen molar-refractivity contribution in [1.82, 2.24) is 0 Å². The topological polar surface area (TPSA) is 20.2 Å². The molecular weight excluding hydrogens is 364 g/mol. The summed E-state index contributed by atoms with van der Waals surface area (Å²) in [5.41, 5.74) is 4.71. The zero-order chi connectivity index (χ0) is 21.9. The average Bonchev–Trinajstić information content (AvgIpc) is 3.06. The summed E-state index contributed by atoms with van der Waals surface area (Å²) in [6, 6.07) is 0. The fraction of sp³-hybridized carbons (Fsp3) is 0.793. The third-order valence-electron chi connectivity index (χ3n) is 9.37. The molecule has 170 valence electrons. The fourth-order valence-electron chi connectivity index (χ4n) is 7.30. The van der Waals surface area contributed by atoms with Gasteiger partial charge in [0.05, 0.1) is 6.10 Å². The van der Waals surface area contributed by atoms with Crippen LogP contribution in [0.15, 0.2) is 35.5 Å². The van der Waals surface area contributed by atoms with Gasteiger partial charge in [0.25, 0.3) is 0 Å². The van der Waals surface area contributed by atoms with E-state index in [2.05, 4.69) is 53.3 Å². The zero-order valence-corrected chi connectivity index (χ0v) is 20.6. The van der Waals surface area contributed by atoms with Gasteiger partial charge in [-0.05, 0) is 98.4 Å². The van der Waals surface area contributed by atoms with Crippen LogP contribution in [0, 0.1) is 35.0 Å². The predicted molar refractivity (Wildman–Crippen MR) is 130 cm³/mol. The maximum Gasteiger partial charge on any atom is 0.0583 e. The predicted octanol–water partition coefficient (Wildman–Crippen LogP) is 8.26. The maximum absolute atomic E-state index is 10.1. The van der Waals surface area contributed by atoms with Gasteiger partial charge >= 0.3 is 0 Å². The molecule has 3 aliphatic carbocycles. The van der Waals surface area contributed by atoms with Crippen LogP contribution in [-0.2, 0) is 0 Å². The van der Waals surface area contributed by atoms with Crippen LogP contribution in [-0.4, -0.2) is 11.2 Å². The standard InChI is InChI=1S/C29H48O/c1-7-23(20(2)3)12-10-22(5)27-16-17-28-24(9-8-18-29(27,28)6)13-14-25-19-26(30)15-11-21(25)4/h13-14,20,22-23,26-28,30H,4,7-12,15-19H2,1-3,5-6H3/t22-,23+,26+,27-,28?,29-/m1/s1. The molecule has 1 heteroatoms. The smallest absolute Gasteiger partial charge is 0.0583 e. The van der Waals surface area contributed by atoms with Crippen molar-refractivity contribution in [2.24, 2.45) is 35.0 Å². The average molecular weight is 413 g/mol. The molecule has 0 aromatic carbocycles. The summed E-state index contributed by atoms with van der Waals surface area (Å²) in [6.45, 7) is 16.6. The number of allylic oxidation sites excluding steroid dienone is 4. The zero-order valence-electron chi connectivity index (χ0n) is 20.6. The van der Waals surface area contributed by atoms with Gasteiger partial charge in [-0.25, -0.2) is 0 Å². The molecule has 30 heavy (non-hydrogen) atoms. The van der Waals surface area contributed by atoms with E-state index in [1.54, 1.807) is 5.57 Å². The molecule has 0 radical (unpaired) electrons. The van der Waals surface area contributed by atoms with Gasteiger partial charge in [-0.1, -0.05) is 77.3 Å². The second-order valence-electron chi connectivity index (χ2n) is 11.5. The molecular formula is C29H48O. The Morgan fingerprint density at radius 2 is 1.87 bits per heavy atom. The lowest BCUT2D eigenvalue weighted by Crippen LogP contribution is -2.36. The Morgan fingerprint density at radius 1 is 1.10 bits per heavy atom. The van der Waals surface area contributed by atoms with Gasteiger partial charge in [-0.3, -0.25) is 0 Å². The van der Waals surface area contributed by atoms with E-state index in [1.807, 2.05) is 0 Å². The van der Waals surface area contributed by atoms with Crippen LogP contribution >= 0.6 is 0 Å². The molecule has 0 aromatic rings. The highest BCUT2D eigenvalue weighted by Gasteiger charge is 2.50. The third kappa shape index (κ3) is 5.14. The summed E-state index contributed by atoms with van der Waals surface area (Å²) in [6.07, 6.45) is 18.2. The van der Waals surface area contributed by atoms with E-state index in [0.717, 1.165) is 48.9 Å². The van der Waals surface area contributed by atoms with Crippen molar-refractivity contribution >= 4 is 0 Å². The maximum atomic E-state index is 10.1. The minimum Gasteiger partial charge on any atom is -0.393 e. The van der Waals surface area contributed by atoms with E-state index in [-0.39, 0.29) is 6.10 Å². The quantitative estimate of drug-likeness (QED) is 0.446. The van der Waals surface area contributed by atoms with Gasteiger partial charge < -0.3 is 5.11 Å². The Morgan fingerprint density at radius 3 is 2.57 bits per heavy atom. The Hall–Kier alpha value is -0.820. The van der Waals surface area contributed by atoms with Crippen molar-refractivity contribution in [2.75, 3.05) is 0 Å². The minimum atomic E-state index is -0.175. The number of aliphatic hydroxyl groups is 1. The first-order chi connectivity index (χ1) is 14.3. The Labute approximate surface area is 187 Å². The highest BCUT2D eigenvalue weighted by Crippen LogP contribution is 2.60. The van der Waals surface area contributed by atoms with Crippen molar-refractivity contribution in [3.05, 3.63) is 35.5 Å². The molecule has 1 unspecified atom stereocenters. The van der Waals surface area contributed by atoms with Crippen LogP contribution in [0.1, 0.15) is 105 Å². The number of hydrogen-bond acceptors (Lipinski definition) is 1. The molecule has 0 aliphatic heterocycles. The first-order valence-corrected chi connectivity index (χ1v) is 13.0. The van der Waals surface area contributed by atoms with Gasteiger partial charge in [0.1, 0.15) is 0 Å². The normalized spacial score (nSPS) is 37.0. The molecule has 3 fully saturated rings. The molecule has 0 saturated heterocycles. The SMILES string of the molecule is C=C1CC[C@H](O)CC1=CC=C1CCC[C@@]2(C)C1CC[C@@H]2[C@H](C)CC[C@H](CC)C(C)C. The van der Waals surface area contributed by atoms with E-state index in [9.17, 15) is 5.11 Å². The largest absolute Gasteiger partial charge is 0.393 e.